The van der Waals surface area contributed by atoms with Crippen molar-refractivity contribution in [2.75, 3.05) is 6.61 Å². The van der Waals surface area contributed by atoms with Crippen molar-refractivity contribution in [2.24, 2.45) is 0 Å². The second-order valence-corrected chi connectivity index (χ2v) is 13.0. The Hall–Kier alpha value is -0.813. The van der Waals surface area contributed by atoms with Crippen molar-refractivity contribution in [3.05, 3.63) is 12.2 Å². The smallest absolute Gasteiger partial charge is 0.411 e. The van der Waals surface area contributed by atoms with E-state index in [0.717, 1.165) is 19.3 Å². The summed E-state index contributed by atoms with van der Waals surface area (Å²) in [5, 5.41) is 0.198. The van der Waals surface area contributed by atoms with E-state index in [2.05, 4.69) is 46.0 Å². The van der Waals surface area contributed by atoms with Crippen LogP contribution in [0.1, 0.15) is 40.0 Å². The molecule has 2 fully saturated rings. The molecule has 3 rings (SSSR count). The van der Waals surface area contributed by atoms with E-state index >= 15 is 0 Å². The Bertz CT molecular complexity index is 482. The van der Waals surface area contributed by atoms with Gasteiger partial charge in [-0.3, -0.25) is 4.90 Å². The first kappa shape index (κ1) is 15.1. The van der Waals surface area contributed by atoms with Crippen molar-refractivity contribution in [1.82, 2.24) is 4.90 Å². The first-order valence-electron chi connectivity index (χ1n) is 7.98. The Morgan fingerprint density at radius 3 is 2.86 bits per heavy atom. The lowest BCUT2D eigenvalue weighted by Gasteiger charge is -2.42. The van der Waals surface area contributed by atoms with Crippen molar-refractivity contribution >= 4 is 14.4 Å². The standard InChI is InChI=1S/C16H27NO3Si/c1-15(2,3)21(4,5)19-11-12-6-8-16-9-7-13(10-16)20-14(18)17(12)16/h7,9,12-13H,6,8,10-11H2,1-5H3/t12-,13+,16-/m0/s1. The Balaban J connectivity index is 1.71. The highest BCUT2D eigenvalue weighted by molar-refractivity contribution is 6.74. The summed E-state index contributed by atoms with van der Waals surface area (Å²) in [5.74, 6) is 0. The fourth-order valence-electron chi connectivity index (χ4n) is 3.44. The largest absolute Gasteiger partial charge is 0.442 e. The highest BCUT2D eigenvalue weighted by Gasteiger charge is 2.55. The summed E-state index contributed by atoms with van der Waals surface area (Å²) in [6, 6.07) is 0.162. The summed E-state index contributed by atoms with van der Waals surface area (Å²) in [4.78, 5) is 14.2. The Morgan fingerprint density at radius 1 is 1.48 bits per heavy atom. The van der Waals surface area contributed by atoms with Gasteiger partial charge in [-0.25, -0.2) is 4.79 Å². The monoisotopic (exact) mass is 309 g/mol. The maximum atomic E-state index is 12.3. The van der Waals surface area contributed by atoms with Crippen LogP contribution in [0.4, 0.5) is 4.79 Å². The number of amides is 1. The molecular weight excluding hydrogens is 282 g/mol. The number of carbonyl (C=O) groups excluding carboxylic acids is 1. The molecular formula is C16H27NO3Si. The molecule has 0 saturated carbocycles. The summed E-state index contributed by atoms with van der Waals surface area (Å²) in [5.41, 5.74) is -0.0819. The van der Waals surface area contributed by atoms with Crippen molar-refractivity contribution in [2.45, 2.75) is 75.9 Å². The minimum Gasteiger partial charge on any atom is -0.442 e. The van der Waals surface area contributed by atoms with Crippen LogP contribution in [0, 0.1) is 0 Å². The molecule has 0 aromatic heterocycles. The zero-order chi connectivity index (χ0) is 15.5. The molecule has 21 heavy (non-hydrogen) atoms. The Morgan fingerprint density at radius 2 is 2.19 bits per heavy atom. The fraction of sp³-hybridized carbons (Fsp3) is 0.812. The summed E-state index contributed by atoms with van der Waals surface area (Å²) in [6.45, 7) is 11.9. The van der Waals surface area contributed by atoms with E-state index in [4.69, 9.17) is 9.16 Å². The van der Waals surface area contributed by atoms with Gasteiger partial charge in [0, 0.05) is 6.42 Å². The lowest BCUT2D eigenvalue weighted by Crippen LogP contribution is -2.55. The van der Waals surface area contributed by atoms with E-state index in [1.165, 1.54) is 0 Å². The van der Waals surface area contributed by atoms with Gasteiger partial charge in [0.1, 0.15) is 6.10 Å². The third-order valence-corrected chi connectivity index (χ3v) is 10.3. The maximum Gasteiger partial charge on any atom is 0.411 e. The minimum absolute atomic E-state index is 0.00573. The van der Waals surface area contributed by atoms with Crippen LogP contribution in [0.15, 0.2) is 12.2 Å². The predicted octanol–water partition coefficient (Wildman–Crippen LogP) is 3.69. The molecule has 2 saturated heterocycles. The molecule has 1 amide bonds. The van der Waals surface area contributed by atoms with E-state index in [0.29, 0.717) is 6.61 Å². The molecule has 3 atom stereocenters. The Labute approximate surface area is 128 Å². The van der Waals surface area contributed by atoms with Gasteiger partial charge >= 0.3 is 6.09 Å². The van der Waals surface area contributed by atoms with Crippen molar-refractivity contribution in [3.8, 4) is 0 Å². The van der Waals surface area contributed by atoms with E-state index < -0.39 is 8.32 Å². The summed E-state index contributed by atoms with van der Waals surface area (Å²) in [7, 11) is -1.77. The van der Waals surface area contributed by atoms with E-state index in [-0.39, 0.29) is 28.8 Å². The molecule has 0 radical (unpaired) electrons. The van der Waals surface area contributed by atoms with E-state index in [9.17, 15) is 4.79 Å². The highest BCUT2D eigenvalue weighted by atomic mass is 28.4. The lowest BCUT2D eigenvalue weighted by atomic mass is 9.94. The van der Waals surface area contributed by atoms with Crippen molar-refractivity contribution < 1.29 is 14.0 Å². The zero-order valence-electron chi connectivity index (χ0n) is 13.8. The second kappa shape index (κ2) is 4.59. The normalized spacial score (nSPS) is 35.1. The molecule has 5 heteroatoms. The molecule has 2 heterocycles. The average molecular weight is 309 g/mol. The zero-order valence-corrected chi connectivity index (χ0v) is 14.8. The van der Waals surface area contributed by atoms with Gasteiger partial charge in [-0.05, 0) is 37.0 Å². The molecule has 0 N–H and O–H groups in total. The quantitative estimate of drug-likeness (QED) is 0.589. The molecule has 118 valence electrons. The van der Waals surface area contributed by atoms with Crippen molar-refractivity contribution in [1.29, 1.82) is 0 Å². The van der Waals surface area contributed by atoms with Crippen LogP contribution >= 0.6 is 0 Å². The van der Waals surface area contributed by atoms with Crippen LogP contribution in [0.2, 0.25) is 18.1 Å². The third-order valence-electron chi connectivity index (χ3n) is 5.82. The number of rotatable bonds is 3. The van der Waals surface area contributed by atoms with E-state index in [1.807, 2.05) is 4.90 Å². The fourth-order valence-corrected chi connectivity index (χ4v) is 4.48. The van der Waals surface area contributed by atoms with Gasteiger partial charge in [0.25, 0.3) is 0 Å². The maximum absolute atomic E-state index is 12.3. The summed E-state index contributed by atoms with van der Waals surface area (Å²) in [6.07, 6.45) is 7.06. The number of hydrogen-bond acceptors (Lipinski definition) is 3. The van der Waals surface area contributed by atoms with Crippen LogP contribution in [-0.4, -0.2) is 43.6 Å². The van der Waals surface area contributed by atoms with Gasteiger partial charge in [0.05, 0.1) is 18.2 Å². The predicted molar refractivity (Wildman–Crippen MR) is 84.8 cm³/mol. The van der Waals surface area contributed by atoms with Crippen LogP contribution in [-0.2, 0) is 9.16 Å². The van der Waals surface area contributed by atoms with Gasteiger partial charge in [-0.15, -0.1) is 0 Å². The molecule has 0 aromatic carbocycles. The van der Waals surface area contributed by atoms with Gasteiger partial charge in [0.15, 0.2) is 8.32 Å². The van der Waals surface area contributed by atoms with Crippen LogP contribution in [0.5, 0.6) is 0 Å². The Kier molecular flexibility index (Phi) is 3.30. The van der Waals surface area contributed by atoms with Gasteiger partial charge in [-0.1, -0.05) is 26.8 Å². The average Bonchev–Trinajstić information content (AvgIpc) is 2.89. The molecule has 0 aromatic rings. The topological polar surface area (TPSA) is 38.8 Å². The summed E-state index contributed by atoms with van der Waals surface area (Å²) >= 11 is 0. The highest BCUT2D eigenvalue weighted by Crippen LogP contribution is 2.47. The molecule has 1 spiro atoms. The number of ether oxygens (including phenoxy) is 1. The lowest BCUT2D eigenvalue weighted by molar-refractivity contribution is -0.00107. The second-order valence-electron chi connectivity index (χ2n) is 8.22. The first-order chi connectivity index (χ1) is 9.65. The van der Waals surface area contributed by atoms with Crippen molar-refractivity contribution in [3.63, 3.8) is 0 Å². The van der Waals surface area contributed by atoms with Crippen LogP contribution in [0.25, 0.3) is 0 Å². The van der Waals surface area contributed by atoms with E-state index in [1.54, 1.807) is 0 Å². The first-order valence-corrected chi connectivity index (χ1v) is 10.9. The molecule has 1 aliphatic carbocycles. The molecule has 3 aliphatic rings. The molecule has 2 aliphatic heterocycles. The molecule has 4 nitrogen and oxygen atoms in total. The van der Waals surface area contributed by atoms with Gasteiger partial charge < -0.3 is 9.16 Å². The number of carbonyl (C=O) groups is 1. The van der Waals surface area contributed by atoms with Crippen LogP contribution < -0.4 is 0 Å². The third kappa shape index (κ3) is 2.34. The minimum atomic E-state index is -1.77. The van der Waals surface area contributed by atoms with Gasteiger partial charge in [-0.2, -0.15) is 0 Å². The number of fused-ring (bicyclic) bond motifs is 1. The van der Waals surface area contributed by atoms with Crippen LogP contribution in [0.3, 0.4) is 0 Å². The summed E-state index contributed by atoms with van der Waals surface area (Å²) < 4.78 is 11.8. The molecule has 0 unspecified atom stereocenters. The SMILES string of the molecule is CC(C)(C)[Si](C)(C)OC[C@@H]1CC[C@]23C=C[C@H](C2)OC(=O)N13. The molecule has 2 bridgehead atoms. The number of hydrogen-bond donors (Lipinski definition) is 0. The number of nitrogens with zero attached hydrogens (tertiary/aromatic N) is 1. The van der Waals surface area contributed by atoms with Gasteiger partial charge in [0.2, 0.25) is 0 Å².